The predicted octanol–water partition coefficient (Wildman–Crippen LogP) is 5.94. The Morgan fingerprint density at radius 1 is 1.07 bits per heavy atom. The first-order valence-electron chi connectivity index (χ1n) is 15.6. The second kappa shape index (κ2) is 13.9. The molecule has 2 aromatic heterocycles. The normalized spacial score (nSPS) is 16.5. The lowest BCUT2D eigenvalue weighted by Gasteiger charge is -2.25. The third-order valence-corrected chi connectivity index (χ3v) is 10.4. The Morgan fingerprint density at radius 3 is 2.61 bits per heavy atom. The summed E-state index contributed by atoms with van der Waals surface area (Å²) in [5.74, 6) is -0.392. The summed E-state index contributed by atoms with van der Waals surface area (Å²) in [4.78, 5) is 22.0. The van der Waals surface area contributed by atoms with Gasteiger partial charge >= 0.3 is 0 Å². The Balaban J connectivity index is 1.54. The van der Waals surface area contributed by atoms with Crippen molar-refractivity contribution in [3.8, 4) is 5.88 Å². The van der Waals surface area contributed by atoms with Crippen LogP contribution in [0.25, 0.3) is 0 Å². The van der Waals surface area contributed by atoms with E-state index < -0.39 is 10.0 Å². The van der Waals surface area contributed by atoms with Gasteiger partial charge in [0, 0.05) is 37.8 Å². The number of hydrogen-bond donors (Lipinski definition) is 3. The van der Waals surface area contributed by atoms with E-state index in [4.69, 9.17) is 10.5 Å². The summed E-state index contributed by atoms with van der Waals surface area (Å²) in [7, 11) is -3.89. The number of anilines is 3. The molecule has 242 valence electrons. The van der Waals surface area contributed by atoms with Gasteiger partial charge in [0.15, 0.2) is 0 Å². The van der Waals surface area contributed by atoms with Crippen molar-refractivity contribution in [3.05, 3.63) is 101 Å². The zero-order chi connectivity index (χ0) is 33.0. The standard InChI is InChI=1S/C35H42N6O4S/c1-6-27-21-41(46(43,44)32-9-8-15-39-35(32)45-27)20-26-17-25(11-10-22(26)3)29(18-33(42)40-31-19-37-16-14-23(31)4)28-12-13-30(38-7-2)34(36)24(28)5/h8-17,19,27,29,38H,6-7,18,20-21,36H2,1-5H3,(H,40,42)/t27-,29+/m1/s1. The maximum absolute atomic E-state index is 13.9. The first-order chi connectivity index (χ1) is 22.0. The molecule has 1 amide bonds. The number of benzene rings is 2. The van der Waals surface area contributed by atoms with Crippen LogP contribution < -0.4 is 21.1 Å². The lowest BCUT2D eigenvalue weighted by atomic mass is 9.83. The molecule has 10 nitrogen and oxygen atoms in total. The molecule has 0 unspecified atom stereocenters. The average molecular weight is 643 g/mol. The summed E-state index contributed by atoms with van der Waals surface area (Å²) in [6.45, 7) is 10.9. The summed E-state index contributed by atoms with van der Waals surface area (Å²) in [6.07, 6.45) is 5.29. The summed E-state index contributed by atoms with van der Waals surface area (Å²) < 4.78 is 35.3. The molecule has 1 aliphatic rings. The number of aryl methyl sites for hydroxylation is 2. The van der Waals surface area contributed by atoms with Crippen LogP contribution in [0.3, 0.4) is 0 Å². The van der Waals surface area contributed by atoms with Gasteiger partial charge in [0.2, 0.25) is 21.8 Å². The molecule has 1 aliphatic heterocycles. The smallest absolute Gasteiger partial charge is 0.248 e. The van der Waals surface area contributed by atoms with Crippen molar-refractivity contribution >= 4 is 33.0 Å². The van der Waals surface area contributed by atoms with E-state index in [1.165, 1.54) is 16.6 Å². The van der Waals surface area contributed by atoms with Crippen molar-refractivity contribution in [1.29, 1.82) is 0 Å². The molecule has 2 atom stereocenters. The van der Waals surface area contributed by atoms with Crippen molar-refractivity contribution in [2.24, 2.45) is 0 Å². The second-order valence-corrected chi connectivity index (χ2v) is 13.6. The lowest BCUT2D eigenvalue weighted by Crippen LogP contribution is -2.36. The van der Waals surface area contributed by atoms with Gasteiger partial charge in [-0.2, -0.15) is 4.31 Å². The summed E-state index contributed by atoms with van der Waals surface area (Å²) in [5.41, 5.74) is 14.1. The SMILES string of the molecule is CCNc1ccc([C@@H](CC(=O)Nc2cnccc2C)c2ccc(C)c(CN3C[C@@H](CC)Oc4ncccc4S3(=O)=O)c2)c(C)c1N. The number of rotatable bonds is 10. The fraction of sp³-hybridized carbons (Fsp3) is 0.343. The van der Waals surface area contributed by atoms with Gasteiger partial charge in [0.05, 0.1) is 29.8 Å². The molecule has 11 heteroatoms. The largest absolute Gasteiger partial charge is 0.472 e. The molecule has 3 heterocycles. The Hall–Kier alpha value is -4.48. The number of hydrogen-bond acceptors (Lipinski definition) is 8. The highest BCUT2D eigenvalue weighted by Crippen LogP contribution is 2.37. The monoisotopic (exact) mass is 642 g/mol. The van der Waals surface area contributed by atoms with Crippen LogP contribution in [0.5, 0.6) is 5.88 Å². The maximum atomic E-state index is 13.9. The number of nitrogens with two attached hydrogens (primary N) is 1. The molecule has 5 rings (SSSR count). The van der Waals surface area contributed by atoms with Crippen LogP contribution >= 0.6 is 0 Å². The van der Waals surface area contributed by atoms with E-state index >= 15 is 0 Å². The average Bonchev–Trinajstić information content (AvgIpc) is 3.14. The lowest BCUT2D eigenvalue weighted by molar-refractivity contribution is -0.116. The molecule has 0 bridgehead atoms. The van der Waals surface area contributed by atoms with E-state index in [-0.39, 0.29) is 48.2 Å². The van der Waals surface area contributed by atoms with Gasteiger partial charge in [-0.05, 0) is 91.8 Å². The van der Waals surface area contributed by atoms with Crippen LogP contribution in [-0.4, -0.2) is 47.8 Å². The third kappa shape index (κ3) is 6.85. The van der Waals surface area contributed by atoms with E-state index in [1.54, 1.807) is 18.5 Å². The number of carbonyl (C=O) groups excluding carboxylic acids is 1. The highest BCUT2D eigenvalue weighted by Gasteiger charge is 2.35. The van der Waals surface area contributed by atoms with Crippen molar-refractivity contribution in [2.45, 2.75) is 70.9 Å². The maximum Gasteiger partial charge on any atom is 0.248 e. The van der Waals surface area contributed by atoms with Crippen LogP contribution in [0.15, 0.2) is 72.0 Å². The topological polar surface area (TPSA) is 140 Å². The van der Waals surface area contributed by atoms with Crippen LogP contribution in [-0.2, 0) is 21.4 Å². The minimum atomic E-state index is -3.89. The van der Waals surface area contributed by atoms with Gasteiger partial charge < -0.3 is 21.1 Å². The minimum absolute atomic E-state index is 0.0619. The van der Waals surface area contributed by atoms with Crippen molar-refractivity contribution in [2.75, 3.05) is 29.5 Å². The summed E-state index contributed by atoms with van der Waals surface area (Å²) in [6, 6.07) is 15.0. The minimum Gasteiger partial charge on any atom is -0.472 e. The number of fused-ring (bicyclic) bond motifs is 1. The fourth-order valence-electron chi connectivity index (χ4n) is 5.81. The van der Waals surface area contributed by atoms with Crippen LogP contribution in [0, 0.1) is 20.8 Å². The number of pyridine rings is 2. The summed E-state index contributed by atoms with van der Waals surface area (Å²) in [5, 5.41) is 6.33. The highest BCUT2D eigenvalue weighted by atomic mass is 32.2. The zero-order valence-electron chi connectivity index (χ0n) is 27.0. The van der Waals surface area contributed by atoms with Gasteiger partial charge in [0.25, 0.3) is 0 Å². The number of nitrogens with one attached hydrogen (secondary N) is 2. The Labute approximate surface area is 271 Å². The molecule has 0 fully saturated rings. The van der Waals surface area contributed by atoms with E-state index in [2.05, 4.69) is 20.6 Å². The molecule has 2 aromatic carbocycles. The molecule has 4 aromatic rings. The number of sulfonamides is 1. The molecule has 0 spiro atoms. The third-order valence-electron chi connectivity index (χ3n) is 8.62. The molecule has 0 aliphatic carbocycles. The number of nitrogens with zero attached hydrogens (tertiary/aromatic N) is 3. The van der Waals surface area contributed by atoms with Crippen molar-refractivity contribution < 1.29 is 17.9 Å². The molecule has 0 radical (unpaired) electrons. The first-order valence-corrected chi connectivity index (χ1v) is 17.0. The van der Waals surface area contributed by atoms with Gasteiger partial charge in [-0.3, -0.25) is 9.78 Å². The molecule has 4 N–H and O–H groups in total. The van der Waals surface area contributed by atoms with Crippen LogP contribution in [0.4, 0.5) is 17.1 Å². The molecule has 0 saturated carbocycles. The van der Waals surface area contributed by atoms with Gasteiger partial charge in [-0.1, -0.05) is 31.2 Å². The molecular weight excluding hydrogens is 600 g/mol. The van der Waals surface area contributed by atoms with E-state index in [0.29, 0.717) is 17.8 Å². The van der Waals surface area contributed by atoms with Crippen molar-refractivity contribution in [1.82, 2.24) is 14.3 Å². The Morgan fingerprint density at radius 2 is 1.87 bits per heavy atom. The van der Waals surface area contributed by atoms with Gasteiger partial charge in [-0.15, -0.1) is 0 Å². The van der Waals surface area contributed by atoms with Gasteiger partial charge in [0.1, 0.15) is 11.0 Å². The number of nitrogen functional groups attached to an aromatic ring is 1. The van der Waals surface area contributed by atoms with Crippen LogP contribution in [0.2, 0.25) is 0 Å². The molecule has 46 heavy (non-hydrogen) atoms. The molecular formula is C35H42N6O4S. The number of amides is 1. The van der Waals surface area contributed by atoms with Gasteiger partial charge in [-0.25, -0.2) is 13.4 Å². The quantitative estimate of drug-likeness (QED) is 0.181. The van der Waals surface area contributed by atoms with E-state index in [0.717, 1.165) is 45.6 Å². The highest BCUT2D eigenvalue weighted by molar-refractivity contribution is 7.89. The predicted molar refractivity (Wildman–Crippen MR) is 182 cm³/mol. The second-order valence-electron chi connectivity index (χ2n) is 11.7. The number of ether oxygens (including phenoxy) is 1. The van der Waals surface area contributed by atoms with Crippen molar-refractivity contribution in [3.63, 3.8) is 0 Å². The fourth-order valence-corrected chi connectivity index (χ4v) is 7.33. The summed E-state index contributed by atoms with van der Waals surface area (Å²) >= 11 is 0. The van der Waals surface area contributed by atoms with E-state index in [1.807, 2.05) is 71.0 Å². The van der Waals surface area contributed by atoms with Crippen LogP contribution in [0.1, 0.15) is 66.0 Å². The zero-order valence-corrected chi connectivity index (χ0v) is 27.8. The number of carbonyl (C=O) groups is 1. The first kappa shape index (κ1) is 32.9. The van der Waals surface area contributed by atoms with E-state index in [9.17, 15) is 13.2 Å². The Bertz CT molecular complexity index is 1850. The Kier molecular flexibility index (Phi) is 9.93. The number of aromatic nitrogens is 2. The molecule has 0 saturated heterocycles.